The number of likely N-dealkylation sites (tertiary alicyclic amines) is 1. The van der Waals surface area contributed by atoms with Crippen molar-refractivity contribution in [2.45, 2.75) is 25.7 Å². The molecule has 1 aromatic carbocycles. The second-order valence-electron chi connectivity index (χ2n) is 4.31. The lowest BCUT2D eigenvalue weighted by Crippen LogP contribution is -2.41. The number of rotatable bonds is 1. The zero-order valence-electron chi connectivity index (χ0n) is 9.65. The highest BCUT2D eigenvalue weighted by Crippen LogP contribution is 2.29. The fraction of sp³-hybridized carbons (Fsp3) is 0.385. The molecule has 1 aromatic rings. The van der Waals surface area contributed by atoms with Crippen LogP contribution in [0.1, 0.15) is 31.2 Å². The molecular formula is C13H14ClNO2. The predicted molar refractivity (Wildman–Crippen MR) is 65.8 cm³/mol. The number of amides is 2. The first-order chi connectivity index (χ1) is 8.08. The molecule has 0 aliphatic carbocycles. The molecule has 90 valence electrons. The Labute approximate surface area is 105 Å². The number of carbonyl (C=O) groups excluding carboxylic acids is 2. The van der Waals surface area contributed by atoms with Crippen LogP contribution in [0.5, 0.6) is 0 Å². The summed E-state index contributed by atoms with van der Waals surface area (Å²) in [6.07, 6.45) is 1.23. The van der Waals surface area contributed by atoms with Gasteiger partial charge in [0, 0.05) is 24.9 Å². The fourth-order valence-electron chi connectivity index (χ4n) is 2.19. The summed E-state index contributed by atoms with van der Waals surface area (Å²) in [6, 6.07) is 7.56. The third kappa shape index (κ3) is 2.67. The van der Waals surface area contributed by atoms with Crippen molar-refractivity contribution in [1.29, 1.82) is 0 Å². The first kappa shape index (κ1) is 12.1. The van der Waals surface area contributed by atoms with Crippen LogP contribution in [0, 0.1) is 0 Å². The highest BCUT2D eigenvalue weighted by atomic mass is 35.5. The van der Waals surface area contributed by atoms with Crippen LogP contribution in [0.2, 0.25) is 5.02 Å². The molecular weight excluding hydrogens is 238 g/mol. The second-order valence-corrected chi connectivity index (χ2v) is 4.74. The molecule has 1 unspecified atom stereocenters. The van der Waals surface area contributed by atoms with Crippen molar-refractivity contribution in [3.8, 4) is 0 Å². The van der Waals surface area contributed by atoms with Crippen molar-refractivity contribution in [2.75, 3.05) is 6.54 Å². The number of imide groups is 1. The first-order valence-electron chi connectivity index (χ1n) is 5.64. The monoisotopic (exact) mass is 251 g/mol. The van der Waals surface area contributed by atoms with E-state index in [1.54, 1.807) is 0 Å². The largest absolute Gasteiger partial charge is 0.283 e. The lowest BCUT2D eigenvalue weighted by atomic mass is 9.89. The molecule has 1 aliphatic rings. The zero-order chi connectivity index (χ0) is 12.4. The number of carbonyl (C=O) groups is 2. The lowest BCUT2D eigenvalue weighted by molar-refractivity contribution is -0.145. The quantitative estimate of drug-likeness (QED) is 0.769. The summed E-state index contributed by atoms with van der Waals surface area (Å²) in [7, 11) is 0. The van der Waals surface area contributed by atoms with E-state index in [0.717, 1.165) is 12.0 Å². The van der Waals surface area contributed by atoms with Crippen molar-refractivity contribution >= 4 is 23.4 Å². The Morgan fingerprint density at radius 2 is 2.00 bits per heavy atom. The lowest BCUT2D eigenvalue weighted by Gasteiger charge is -2.29. The van der Waals surface area contributed by atoms with E-state index in [9.17, 15) is 9.59 Å². The van der Waals surface area contributed by atoms with E-state index in [1.165, 1.54) is 11.8 Å². The maximum Gasteiger partial charge on any atom is 0.229 e. The minimum absolute atomic E-state index is 0.0799. The molecule has 1 heterocycles. The number of nitrogens with zero attached hydrogens (tertiary/aromatic N) is 1. The van der Waals surface area contributed by atoms with Crippen LogP contribution in [-0.2, 0) is 9.59 Å². The summed E-state index contributed by atoms with van der Waals surface area (Å²) < 4.78 is 0. The van der Waals surface area contributed by atoms with Crippen molar-refractivity contribution in [2.24, 2.45) is 0 Å². The smallest absolute Gasteiger partial charge is 0.229 e. The molecule has 17 heavy (non-hydrogen) atoms. The number of halogens is 1. The van der Waals surface area contributed by atoms with Crippen LogP contribution < -0.4 is 0 Å². The molecule has 3 nitrogen and oxygen atoms in total. The average Bonchev–Trinajstić information content (AvgIpc) is 2.29. The summed E-state index contributed by atoms with van der Waals surface area (Å²) in [5.41, 5.74) is 1.12. The van der Waals surface area contributed by atoms with Gasteiger partial charge in [-0.3, -0.25) is 14.5 Å². The summed E-state index contributed by atoms with van der Waals surface area (Å²) in [6.45, 7) is 1.95. The Morgan fingerprint density at radius 1 is 1.35 bits per heavy atom. The number of piperidine rings is 1. The molecule has 1 atom stereocenters. The Kier molecular flexibility index (Phi) is 3.48. The van der Waals surface area contributed by atoms with Crippen molar-refractivity contribution in [1.82, 2.24) is 4.90 Å². The molecule has 0 N–H and O–H groups in total. The standard InChI is InChI=1S/C13H14ClNO2/c1-9(16)15-7-6-11(8-13(15)17)10-2-4-12(14)5-3-10/h2-5,11H,6-8H2,1H3. The highest BCUT2D eigenvalue weighted by molar-refractivity contribution is 6.30. The number of benzene rings is 1. The summed E-state index contributed by atoms with van der Waals surface area (Å²) in [5, 5.41) is 0.696. The van der Waals surface area contributed by atoms with Gasteiger partial charge in [-0.05, 0) is 30.0 Å². The van der Waals surface area contributed by atoms with E-state index in [0.29, 0.717) is 18.0 Å². The van der Waals surface area contributed by atoms with Crippen LogP contribution in [0.25, 0.3) is 0 Å². The molecule has 0 spiro atoms. The van der Waals surface area contributed by atoms with Gasteiger partial charge in [-0.15, -0.1) is 0 Å². The Morgan fingerprint density at radius 3 is 2.53 bits per heavy atom. The fourth-order valence-corrected chi connectivity index (χ4v) is 2.31. The number of hydrogen-bond acceptors (Lipinski definition) is 2. The molecule has 2 rings (SSSR count). The van der Waals surface area contributed by atoms with Crippen molar-refractivity contribution in [3.05, 3.63) is 34.9 Å². The maximum atomic E-state index is 11.8. The minimum Gasteiger partial charge on any atom is -0.283 e. The molecule has 4 heteroatoms. The molecule has 0 bridgehead atoms. The van der Waals surface area contributed by atoms with Gasteiger partial charge in [0.15, 0.2) is 0 Å². The van der Waals surface area contributed by atoms with Gasteiger partial charge in [-0.1, -0.05) is 23.7 Å². The molecule has 0 radical (unpaired) electrons. The van der Waals surface area contributed by atoms with Gasteiger partial charge in [0.25, 0.3) is 0 Å². The topological polar surface area (TPSA) is 37.4 Å². The third-order valence-corrected chi connectivity index (χ3v) is 3.40. The van der Waals surface area contributed by atoms with E-state index < -0.39 is 0 Å². The molecule has 1 aliphatic heterocycles. The average molecular weight is 252 g/mol. The summed E-state index contributed by atoms with van der Waals surface area (Å²) in [4.78, 5) is 24.3. The van der Waals surface area contributed by atoms with Crippen LogP contribution in [0.4, 0.5) is 0 Å². The van der Waals surface area contributed by atoms with E-state index >= 15 is 0 Å². The normalized spacial score (nSPS) is 20.5. The van der Waals surface area contributed by atoms with Gasteiger partial charge >= 0.3 is 0 Å². The summed E-state index contributed by atoms with van der Waals surface area (Å²) in [5.74, 6) is -0.0383. The van der Waals surface area contributed by atoms with E-state index in [-0.39, 0.29) is 17.7 Å². The van der Waals surface area contributed by atoms with Gasteiger partial charge in [0.1, 0.15) is 0 Å². The molecule has 1 saturated heterocycles. The van der Waals surface area contributed by atoms with Gasteiger partial charge in [0.2, 0.25) is 11.8 Å². The van der Waals surface area contributed by atoms with E-state index in [1.807, 2.05) is 24.3 Å². The van der Waals surface area contributed by atoms with Gasteiger partial charge in [0.05, 0.1) is 0 Å². The van der Waals surface area contributed by atoms with Crippen molar-refractivity contribution in [3.63, 3.8) is 0 Å². The van der Waals surface area contributed by atoms with E-state index in [2.05, 4.69) is 0 Å². The van der Waals surface area contributed by atoms with Gasteiger partial charge in [-0.2, -0.15) is 0 Å². The molecule has 2 amide bonds. The van der Waals surface area contributed by atoms with Crippen LogP contribution in [0.3, 0.4) is 0 Å². The molecule has 1 fully saturated rings. The van der Waals surface area contributed by atoms with Gasteiger partial charge in [-0.25, -0.2) is 0 Å². The Balaban J connectivity index is 2.09. The minimum atomic E-state index is -0.162. The van der Waals surface area contributed by atoms with E-state index in [4.69, 9.17) is 11.6 Å². The van der Waals surface area contributed by atoms with Crippen LogP contribution in [0.15, 0.2) is 24.3 Å². The Hall–Kier alpha value is -1.35. The van der Waals surface area contributed by atoms with Crippen LogP contribution >= 0.6 is 11.6 Å². The van der Waals surface area contributed by atoms with Crippen LogP contribution in [-0.4, -0.2) is 23.3 Å². The number of hydrogen-bond donors (Lipinski definition) is 0. The van der Waals surface area contributed by atoms with Gasteiger partial charge < -0.3 is 0 Å². The third-order valence-electron chi connectivity index (χ3n) is 3.14. The zero-order valence-corrected chi connectivity index (χ0v) is 10.4. The highest BCUT2D eigenvalue weighted by Gasteiger charge is 2.28. The maximum absolute atomic E-state index is 11.8. The predicted octanol–water partition coefficient (Wildman–Crippen LogP) is 2.59. The Bertz CT molecular complexity index is 441. The summed E-state index contributed by atoms with van der Waals surface area (Å²) >= 11 is 5.82. The SMILES string of the molecule is CC(=O)N1CCC(c2ccc(Cl)cc2)CC1=O. The second kappa shape index (κ2) is 4.88. The molecule has 0 aromatic heterocycles. The molecule has 0 saturated carbocycles. The van der Waals surface area contributed by atoms with Crippen molar-refractivity contribution < 1.29 is 9.59 Å². The first-order valence-corrected chi connectivity index (χ1v) is 6.02.